The summed E-state index contributed by atoms with van der Waals surface area (Å²) in [6, 6.07) is 1.90. The van der Waals surface area contributed by atoms with E-state index in [9.17, 15) is 9.18 Å². The molecule has 0 aliphatic carbocycles. The molecule has 1 atom stereocenters. The maximum Gasteiger partial charge on any atom is 0.307 e. The van der Waals surface area contributed by atoms with Crippen molar-refractivity contribution in [2.75, 3.05) is 6.61 Å². The summed E-state index contributed by atoms with van der Waals surface area (Å²) in [5, 5.41) is 0.0624. The summed E-state index contributed by atoms with van der Waals surface area (Å²) in [5.74, 6) is -1.20. The van der Waals surface area contributed by atoms with Crippen LogP contribution in [0.1, 0.15) is 24.9 Å². The SMILES string of the molecule is CCOC(=O)C[C@H](N)c1c(Cl)ccc(Cl)c1F.Cl. The van der Waals surface area contributed by atoms with E-state index in [1.165, 1.54) is 12.1 Å². The van der Waals surface area contributed by atoms with Gasteiger partial charge in [-0.2, -0.15) is 0 Å². The Bertz CT molecular complexity index is 429. The van der Waals surface area contributed by atoms with Gasteiger partial charge in [-0.05, 0) is 19.1 Å². The summed E-state index contributed by atoms with van der Waals surface area (Å²) in [6.45, 7) is 1.92. The molecule has 0 bridgehead atoms. The van der Waals surface area contributed by atoms with Crippen LogP contribution >= 0.6 is 35.6 Å². The van der Waals surface area contributed by atoms with Crippen LogP contribution in [0.15, 0.2) is 12.1 Å². The number of hydrogen-bond acceptors (Lipinski definition) is 3. The van der Waals surface area contributed by atoms with Crippen molar-refractivity contribution in [1.82, 2.24) is 0 Å². The minimum atomic E-state index is -0.875. The molecule has 0 aromatic heterocycles. The van der Waals surface area contributed by atoms with Crippen LogP contribution in [0, 0.1) is 5.82 Å². The standard InChI is InChI=1S/C11H12Cl2FNO2.ClH/c1-2-17-9(16)5-8(15)10-6(12)3-4-7(13)11(10)14;/h3-4,8H,2,5,15H2,1H3;1H/t8-;/m0./s1. The molecule has 0 radical (unpaired) electrons. The second-order valence-corrected chi connectivity index (χ2v) is 4.19. The van der Waals surface area contributed by atoms with Gasteiger partial charge in [0.25, 0.3) is 0 Å². The molecular weight excluding hydrogens is 303 g/mol. The molecule has 7 heteroatoms. The smallest absolute Gasteiger partial charge is 0.307 e. The molecule has 0 saturated heterocycles. The Labute approximate surface area is 121 Å². The highest BCUT2D eigenvalue weighted by molar-refractivity contribution is 6.33. The number of halogens is 4. The molecule has 0 amide bonds. The Morgan fingerprint density at radius 3 is 2.56 bits per heavy atom. The van der Waals surface area contributed by atoms with Gasteiger partial charge in [-0.1, -0.05) is 23.2 Å². The predicted octanol–water partition coefficient (Wildman–Crippen LogP) is 3.51. The Hall–Kier alpha value is -0.550. The van der Waals surface area contributed by atoms with Gasteiger partial charge < -0.3 is 10.5 Å². The maximum absolute atomic E-state index is 13.7. The number of carbonyl (C=O) groups is 1. The van der Waals surface area contributed by atoms with Crippen molar-refractivity contribution in [2.24, 2.45) is 5.73 Å². The lowest BCUT2D eigenvalue weighted by atomic mass is 10.0. The summed E-state index contributed by atoms with van der Waals surface area (Å²) in [4.78, 5) is 11.2. The molecule has 0 unspecified atom stereocenters. The van der Waals surface area contributed by atoms with E-state index in [2.05, 4.69) is 0 Å². The third-order valence-electron chi connectivity index (χ3n) is 2.14. The first kappa shape index (κ1) is 17.4. The lowest BCUT2D eigenvalue weighted by Gasteiger charge is -2.14. The van der Waals surface area contributed by atoms with E-state index >= 15 is 0 Å². The summed E-state index contributed by atoms with van der Waals surface area (Å²) in [6.07, 6.45) is -0.148. The van der Waals surface area contributed by atoms with Gasteiger partial charge in [-0.25, -0.2) is 4.39 Å². The lowest BCUT2D eigenvalue weighted by Crippen LogP contribution is -2.19. The zero-order chi connectivity index (χ0) is 13.0. The largest absolute Gasteiger partial charge is 0.466 e. The van der Waals surface area contributed by atoms with Crippen LogP contribution in [0.5, 0.6) is 0 Å². The van der Waals surface area contributed by atoms with Crippen LogP contribution in [0.25, 0.3) is 0 Å². The summed E-state index contributed by atoms with van der Waals surface area (Å²) in [7, 11) is 0. The third-order valence-corrected chi connectivity index (χ3v) is 2.76. The van der Waals surface area contributed by atoms with Gasteiger partial charge >= 0.3 is 5.97 Å². The first-order valence-electron chi connectivity index (χ1n) is 5.02. The minimum absolute atomic E-state index is 0. The highest BCUT2D eigenvalue weighted by atomic mass is 35.5. The number of hydrogen-bond donors (Lipinski definition) is 1. The lowest BCUT2D eigenvalue weighted by molar-refractivity contribution is -0.143. The third kappa shape index (κ3) is 4.28. The predicted molar refractivity (Wildman–Crippen MR) is 71.8 cm³/mol. The van der Waals surface area contributed by atoms with Gasteiger partial charge in [0.15, 0.2) is 0 Å². The van der Waals surface area contributed by atoms with Crippen molar-refractivity contribution in [3.8, 4) is 0 Å². The van der Waals surface area contributed by atoms with Crippen molar-refractivity contribution >= 4 is 41.6 Å². The molecule has 3 nitrogen and oxygen atoms in total. The van der Waals surface area contributed by atoms with Crippen LogP contribution < -0.4 is 5.73 Å². The molecule has 0 spiro atoms. The van der Waals surface area contributed by atoms with E-state index in [4.69, 9.17) is 33.7 Å². The number of esters is 1. The van der Waals surface area contributed by atoms with E-state index < -0.39 is 17.8 Å². The monoisotopic (exact) mass is 315 g/mol. The van der Waals surface area contributed by atoms with E-state index in [1.54, 1.807) is 6.92 Å². The molecule has 2 N–H and O–H groups in total. The van der Waals surface area contributed by atoms with Crippen LogP contribution in [-0.4, -0.2) is 12.6 Å². The van der Waals surface area contributed by atoms with Crippen molar-refractivity contribution in [3.05, 3.63) is 33.6 Å². The van der Waals surface area contributed by atoms with E-state index in [0.717, 1.165) is 0 Å². The molecule has 102 valence electrons. The fraction of sp³-hybridized carbons (Fsp3) is 0.364. The van der Waals surface area contributed by atoms with E-state index in [1.807, 2.05) is 0 Å². The van der Waals surface area contributed by atoms with Gasteiger partial charge in [0.2, 0.25) is 0 Å². The first-order chi connectivity index (χ1) is 7.97. The van der Waals surface area contributed by atoms with Crippen LogP contribution in [0.2, 0.25) is 10.0 Å². The Morgan fingerprint density at radius 1 is 1.44 bits per heavy atom. The Balaban J connectivity index is 0.00000289. The van der Waals surface area contributed by atoms with E-state index in [-0.39, 0.29) is 41.0 Å². The second kappa shape index (κ2) is 7.79. The molecule has 0 aliphatic heterocycles. The fourth-order valence-electron chi connectivity index (χ4n) is 1.38. The second-order valence-electron chi connectivity index (χ2n) is 3.37. The Morgan fingerprint density at radius 2 is 2.00 bits per heavy atom. The summed E-state index contributed by atoms with van der Waals surface area (Å²) < 4.78 is 18.4. The zero-order valence-electron chi connectivity index (χ0n) is 9.58. The summed E-state index contributed by atoms with van der Waals surface area (Å²) >= 11 is 11.4. The van der Waals surface area contributed by atoms with Gasteiger partial charge in [0.05, 0.1) is 18.1 Å². The van der Waals surface area contributed by atoms with Gasteiger partial charge in [-0.3, -0.25) is 4.79 Å². The minimum Gasteiger partial charge on any atom is -0.466 e. The topological polar surface area (TPSA) is 52.3 Å². The molecular formula is C11H13Cl3FNO2. The summed E-state index contributed by atoms with van der Waals surface area (Å²) in [5.41, 5.74) is 5.75. The van der Waals surface area contributed by atoms with Crippen molar-refractivity contribution in [2.45, 2.75) is 19.4 Å². The number of rotatable bonds is 4. The normalized spacial score (nSPS) is 11.6. The van der Waals surface area contributed by atoms with Gasteiger partial charge in [0, 0.05) is 16.6 Å². The molecule has 1 aromatic carbocycles. The van der Waals surface area contributed by atoms with Crippen molar-refractivity contribution in [3.63, 3.8) is 0 Å². The van der Waals surface area contributed by atoms with Gasteiger partial charge in [-0.15, -0.1) is 12.4 Å². The highest BCUT2D eigenvalue weighted by Crippen LogP contribution is 2.30. The zero-order valence-corrected chi connectivity index (χ0v) is 11.9. The highest BCUT2D eigenvalue weighted by Gasteiger charge is 2.21. The van der Waals surface area contributed by atoms with Crippen molar-refractivity contribution < 1.29 is 13.9 Å². The first-order valence-corrected chi connectivity index (χ1v) is 5.77. The van der Waals surface area contributed by atoms with Crippen LogP contribution in [0.3, 0.4) is 0 Å². The molecule has 0 aliphatic rings. The number of carbonyl (C=O) groups excluding carboxylic acids is 1. The molecule has 0 saturated carbocycles. The number of benzene rings is 1. The number of ether oxygens (including phenoxy) is 1. The maximum atomic E-state index is 13.7. The van der Waals surface area contributed by atoms with Gasteiger partial charge in [0.1, 0.15) is 5.82 Å². The van der Waals surface area contributed by atoms with Crippen molar-refractivity contribution in [1.29, 1.82) is 0 Å². The fourth-order valence-corrected chi connectivity index (χ4v) is 1.84. The molecule has 0 heterocycles. The Kier molecular flexibility index (Phi) is 7.55. The average molecular weight is 317 g/mol. The quantitative estimate of drug-likeness (QED) is 0.683. The number of nitrogens with two attached hydrogens (primary N) is 1. The molecule has 1 rings (SSSR count). The molecule has 0 fully saturated rings. The van der Waals surface area contributed by atoms with E-state index in [0.29, 0.717) is 0 Å². The van der Waals surface area contributed by atoms with Crippen LogP contribution in [0.4, 0.5) is 4.39 Å². The van der Waals surface area contributed by atoms with Crippen LogP contribution in [-0.2, 0) is 9.53 Å². The molecule has 18 heavy (non-hydrogen) atoms. The molecule has 1 aromatic rings. The average Bonchev–Trinajstić information content (AvgIpc) is 2.24.